The van der Waals surface area contributed by atoms with E-state index in [9.17, 15) is 4.79 Å². The van der Waals surface area contributed by atoms with Crippen LogP contribution in [0.3, 0.4) is 0 Å². The highest BCUT2D eigenvalue weighted by Crippen LogP contribution is 2.39. The highest BCUT2D eigenvalue weighted by atomic mass is 16.6. The van der Waals surface area contributed by atoms with E-state index in [-0.39, 0.29) is 18.1 Å². The zero-order valence-corrected chi connectivity index (χ0v) is 9.72. The third-order valence-electron chi connectivity index (χ3n) is 2.94. The Hall–Kier alpha value is -1.35. The summed E-state index contributed by atoms with van der Waals surface area (Å²) in [7, 11) is 0. The molecule has 2 unspecified atom stereocenters. The van der Waals surface area contributed by atoms with Gasteiger partial charge in [-0.05, 0) is 19.4 Å². The molecule has 2 atom stereocenters. The lowest BCUT2D eigenvalue weighted by Crippen LogP contribution is -2.34. The Labute approximate surface area is 96.0 Å². The van der Waals surface area contributed by atoms with Gasteiger partial charge in [0.05, 0.1) is 0 Å². The number of amides is 1. The third-order valence-corrected chi connectivity index (χ3v) is 2.94. The molecular formula is C13H17NO2. The van der Waals surface area contributed by atoms with Crippen LogP contribution in [0.5, 0.6) is 0 Å². The molecule has 0 spiro atoms. The molecular weight excluding hydrogens is 202 g/mol. The maximum Gasteiger partial charge on any atom is 0.254 e. The average molecular weight is 219 g/mol. The Morgan fingerprint density at radius 1 is 1.25 bits per heavy atom. The van der Waals surface area contributed by atoms with Gasteiger partial charge in [-0.1, -0.05) is 30.3 Å². The van der Waals surface area contributed by atoms with E-state index in [0.29, 0.717) is 0 Å². The fourth-order valence-electron chi connectivity index (χ4n) is 1.91. The maximum absolute atomic E-state index is 12.0. The summed E-state index contributed by atoms with van der Waals surface area (Å²) >= 11 is 0. The molecule has 16 heavy (non-hydrogen) atoms. The van der Waals surface area contributed by atoms with E-state index in [0.717, 1.165) is 18.7 Å². The minimum absolute atomic E-state index is 0.0331. The van der Waals surface area contributed by atoms with Gasteiger partial charge < -0.3 is 9.64 Å². The van der Waals surface area contributed by atoms with Gasteiger partial charge in [0, 0.05) is 13.1 Å². The number of rotatable bonds is 4. The molecule has 2 rings (SSSR count). The molecule has 0 radical (unpaired) electrons. The number of hydrogen-bond donors (Lipinski definition) is 0. The van der Waals surface area contributed by atoms with Gasteiger partial charge in [-0.2, -0.15) is 0 Å². The summed E-state index contributed by atoms with van der Waals surface area (Å²) in [5.74, 6) is 0.110. The van der Waals surface area contributed by atoms with Gasteiger partial charge in [-0.25, -0.2) is 0 Å². The van der Waals surface area contributed by atoms with E-state index < -0.39 is 0 Å². The number of ether oxygens (including phenoxy) is 1. The molecule has 1 amide bonds. The van der Waals surface area contributed by atoms with Crippen molar-refractivity contribution in [3.63, 3.8) is 0 Å². The summed E-state index contributed by atoms with van der Waals surface area (Å²) in [4.78, 5) is 13.8. The van der Waals surface area contributed by atoms with Gasteiger partial charge in [0.25, 0.3) is 5.91 Å². The Morgan fingerprint density at radius 3 is 2.44 bits per heavy atom. The monoisotopic (exact) mass is 219 g/mol. The zero-order chi connectivity index (χ0) is 11.5. The number of likely N-dealkylation sites (N-methyl/N-ethyl adjacent to an activating group) is 1. The molecule has 1 fully saturated rings. The number of carbonyl (C=O) groups is 1. The normalized spacial score (nSPS) is 22.9. The molecule has 1 aromatic rings. The fraction of sp³-hybridized carbons (Fsp3) is 0.462. The van der Waals surface area contributed by atoms with Gasteiger partial charge in [-0.15, -0.1) is 0 Å². The number of nitrogens with zero attached hydrogens (tertiary/aromatic N) is 1. The molecule has 3 nitrogen and oxygen atoms in total. The first-order chi connectivity index (χ1) is 7.77. The summed E-state index contributed by atoms with van der Waals surface area (Å²) in [6, 6.07) is 9.90. The van der Waals surface area contributed by atoms with Crippen molar-refractivity contribution in [1.82, 2.24) is 4.90 Å². The zero-order valence-electron chi connectivity index (χ0n) is 9.72. The highest BCUT2D eigenvalue weighted by Gasteiger charge is 2.47. The third kappa shape index (κ3) is 2.09. The lowest BCUT2D eigenvalue weighted by Gasteiger charge is -2.16. The fourth-order valence-corrected chi connectivity index (χ4v) is 1.91. The predicted molar refractivity (Wildman–Crippen MR) is 62.0 cm³/mol. The first kappa shape index (κ1) is 11.1. The molecule has 1 heterocycles. The Bertz CT molecular complexity index is 359. The number of benzene rings is 1. The minimum atomic E-state index is -0.262. The second-order valence-corrected chi connectivity index (χ2v) is 3.90. The molecule has 0 bridgehead atoms. The van der Waals surface area contributed by atoms with Crippen LogP contribution in [0.15, 0.2) is 30.3 Å². The van der Waals surface area contributed by atoms with Crippen LogP contribution in [0.2, 0.25) is 0 Å². The standard InChI is InChI=1S/C13H17NO2/c1-3-14(4-2)13(15)12-11(16-12)10-8-6-5-7-9-10/h5-9,11-12H,3-4H2,1-2H3. The van der Waals surface area contributed by atoms with Crippen LogP contribution in [-0.2, 0) is 9.53 Å². The summed E-state index contributed by atoms with van der Waals surface area (Å²) in [5, 5.41) is 0. The predicted octanol–water partition coefficient (Wildman–Crippen LogP) is 1.99. The second kappa shape index (κ2) is 4.66. The molecule has 0 N–H and O–H groups in total. The van der Waals surface area contributed by atoms with Crippen molar-refractivity contribution < 1.29 is 9.53 Å². The van der Waals surface area contributed by atoms with E-state index in [1.54, 1.807) is 0 Å². The lowest BCUT2D eigenvalue weighted by atomic mass is 10.1. The van der Waals surface area contributed by atoms with E-state index >= 15 is 0 Å². The molecule has 1 aliphatic heterocycles. The van der Waals surface area contributed by atoms with E-state index in [2.05, 4.69) is 0 Å². The highest BCUT2D eigenvalue weighted by molar-refractivity contribution is 5.84. The van der Waals surface area contributed by atoms with E-state index in [1.165, 1.54) is 0 Å². The van der Waals surface area contributed by atoms with Gasteiger partial charge in [0.2, 0.25) is 0 Å². The molecule has 0 aromatic heterocycles. The number of carbonyl (C=O) groups excluding carboxylic acids is 1. The lowest BCUT2D eigenvalue weighted by molar-refractivity contribution is -0.132. The largest absolute Gasteiger partial charge is 0.354 e. The first-order valence-electron chi connectivity index (χ1n) is 5.77. The molecule has 3 heteroatoms. The molecule has 0 aliphatic carbocycles. The topological polar surface area (TPSA) is 32.8 Å². The molecule has 1 aliphatic rings. The van der Waals surface area contributed by atoms with Crippen molar-refractivity contribution >= 4 is 5.91 Å². The molecule has 1 saturated heterocycles. The quantitative estimate of drug-likeness (QED) is 0.725. The molecule has 1 aromatic carbocycles. The summed E-state index contributed by atoms with van der Waals surface area (Å²) < 4.78 is 5.46. The molecule has 86 valence electrons. The van der Waals surface area contributed by atoms with Crippen LogP contribution in [-0.4, -0.2) is 30.0 Å². The smallest absolute Gasteiger partial charge is 0.254 e. The summed E-state index contributed by atoms with van der Waals surface area (Å²) in [5.41, 5.74) is 1.09. The Kier molecular flexibility index (Phi) is 3.25. The van der Waals surface area contributed by atoms with Gasteiger partial charge in [0.15, 0.2) is 6.10 Å². The Morgan fingerprint density at radius 2 is 1.88 bits per heavy atom. The summed E-state index contributed by atoms with van der Waals surface area (Å²) in [6.07, 6.45) is -0.295. The second-order valence-electron chi connectivity index (χ2n) is 3.90. The van der Waals surface area contributed by atoms with Crippen molar-refractivity contribution in [2.75, 3.05) is 13.1 Å². The van der Waals surface area contributed by atoms with Gasteiger partial charge in [-0.3, -0.25) is 4.79 Å². The van der Waals surface area contributed by atoms with Crippen LogP contribution >= 0.6 is 0 Å². The maximum atomic E-state index is 12.0. The Balaban J connectivity index is 1.99. The van der Waals surface area contributed by atoms with Crippen LogP contribution in [0.25, 0.3) is 0 Å². The van der Waals surface area contributed by atoms with Gasteiger partial charge >= 0.3 is 0 Å². The van der Waals surface area contributed by atoms with Crippen LogP contribution in [0.4, 0.5) is 0 Å². The van der Waals surface area contributed by atoms with Crippen molar-refractivity contribution in [2.45, 2.75) is 26.1 Å². The van der Waals surface area contributed by atoms with Crippen molar-refractivity contribution in [3.05, 3.63) is 35.9 Å². The minimum Gasteiger partial charge on any atom is -0.354 e. The number of hydrogen-bond acceptors (Lipinski definition) is 2. The van der Waals surface area contributed by atoms with E-state index in [4.69, 9.17) is 4.74 Å². The molecule has 0 saturated carbocycles. The summed E-state index contributed by atoms with van der Waals surface area (Å²) in [6.45, 7) is 5.47. The average Bonchev–Trinajstić information content (AvgIpc) is 3.11. The number of epoxide rings is 1. The van der Waals surface area contributed by atoms with Gasteiger partial charge in [0.1, 0.15) is 6.10 Å². The van der Waals surface area contributed by atoms with Crippen LogP contribution < -0.4 is 0 Å². The van der Waals surface area contributed by atoms with Crippen LogP contribution in [0, 0.1) is 0 Å². The SMILES string of the molecule is CCN(CC)C(=O)C1OC1c1ccccc1. The van der Waals surface area contributed by atoms with Crippen molar-refractivity contribution in [1.29, 1.82) is 0 Å². The van der Waals surface area contributed by atoms with Crippen molar-refractivity contribution in [3.8, 4) is 0 Å². The van der Waals surface area contributed by atoms with Crippen molar-refractivity contribution in [2.24, 2.45) is 0 Å². The van der Waals surface area contributed by atoms with E-state index in [1.807, 2.05) is 49.1 Å². The van der Waals surface area contributed by atoms with Crippen LogP contribution in [0.1, 0.15) is 25.5 Å². The first-order valence-corrected chi connectivity index (χ1v) is 5.77.